The second-order valence-electron chi connectivity index (χ2n) is 2.19. The minimum atomic E-state index is -0.361. The van der Waals surface area contributed by atoms with E-state index >= 15 is 0 Å². The first kappa shape index (κ1) is 9.76. The summed E-state index contributed by atoms with van der Waals surface area (Å²) in [6, 6.07) is 1.33. The monoisotopic (exact) mass is 155 g/mol. The van der Waals surface area contributed by atoms with Gasteiger partial charge >= 0.3 is 6.03 Å². The molecule has 0 aromatic heterocycles. The van der Waals surface area contributed by atoms with Crippen LogP contribution in [0.3, 0.4) is 0 Å². The van der Waals surface area contributed by atoms with Crippen LogP contribution in [0.5, 0.6) is 0 Å². The van der Waals surface area contributed by atoms with Crippen molar-refractivity contribution >= 4 is 6.03 Å². The summed E-state index contributed by atoms with van der Waals surface area (Å²) in [4.78, 5) is 10.7. The Balaban J connectivity index is 3.70. The van der Waals surface area contributed by atoms with E-state index in [2.05, 4.69) is 10.6 Å². The van der Waals surface area contributed by atoms with Gasteiger partial charge < -0.3 is 10.6 Å². The molecule has 0 aromatic rings. The predicted molar refractivity (Wildman–Crippen MR) is 41.9 cm³/mol. The summed E-state index contributed by atoms with van der Waals surface area (Å²) >= 11 is 0. The van der Waals surface area contributed by atoms with Crippen molar-refractivity contribution in [2.45, 2.75) is 25.8 Å². The van der Waals surface area contributed by atoms with Gasteiger partial charge in [-0.1, -0.05) is 13.3 Å². The Labute approximate surface area is 66.6 Å². The molecular formula is C7H13N3O. The molecule has 1 unspecified atom stereocenters. The van der Waals surface area contributed by atoms with Gasteiger partial charge in [-0.2, -0.15) is 5.26 Å². The van der Waals surface area contributed by atoms with Crippen LogP contribution >= 0.6 is 0 Å². The molecule has 62 valence electrons. The highest BCUT2D eigenvalue weighted by Crippen LogP contribution is 1.93. The van der Waals surface area contributed by atoms with Gasteiger partial charge in [0.1, 0.15) is 6.04 Å². The second kappa shape index (κ2) is 5.54. The van der Waals surface area contributed by atoms with Crippen LogP contribution in [0.25, 0.3) is 0 Å². The molecule has 0 aliphatic heterocycles. The standard InChI is InChI=1S/C7H13N3O/c1-3-4-6(5-8)10-7(11)9-2/h6H,3-4H2,1-2H3,(H2,9,10,11). The van der Waals surface area contributed by atoms with Crippen molar-refractivity contribution in [1.29, 1.82) is 5.26 Å². The maximum atomic E-state index is 10.7. The molecule has 2 amide bonds. The number of rotatable bonds is 3. The molecular weight excluding hydrogens is 142 g/mol. The average Bonchev–Trinajstić information content (AvgIpc) is 2.03. The lowest BCUT2D eigenvalue weighted by molar-refractivity contribution is 0.240. The average molecular weight is 155 g/mol. The zero-order valence-corrected chi connectivity index (χ0v) is 6.85. The summed E-state index contributed by atoms with van der Waals surface area (Å²) in [5, 5.41) is 13.4. The molecule has 0 saturated heterocycles. The minimum Gasteiger partial charge on any atom is -0.341 e. The number of amides is 2. The summed E-state index contributed by atoms with van der Waals surface area (Å²) in [5.41, 5.74) is 0. The van der Waals surface area contributed by atoms with Crippen LogP contribution in [0.2, 0.25) is 0 Å². The maximum absolute atomic E-state index is 10.7. The fourth-order valence-corrected chi connectivity index (χ4v) is 0.688. The number of nitriles is 1. The largest absolute Gasteiger partial charge is 0.341 e. The number of urea groups is 1. The fraction of sp³-hybridized carbons (Fsp3) is 0.714. The Morgan fingerprint density at radius 3 is 2.73 bits per heavy atom. The molecule has 0 aromatic carbocycles. The number of hydrogen-bond donors (Lipinski definition) is 2. The van der Waals surface area contributed by atoms with E-state index in [0.29, 0.717) is 6.42 Å². The molecule has 4 nitrogen and oxygen atoms in total. The maximum Gasteiger partial charge on any atom is 0.315 e. The van der Waals surface area contributed by atoms with Gasteiger partial charge in [-0.05, 0) is 6.42 Å². The van der Waals surface area contributed by atoms with Crippen molar-refractivity contribution in [3.05, 3.63) is 0 Å². The van der Waals surface area contributed by atoms with Crippen LogP contribution in [0, 0.1) is 11.3 Å². The number of carbonyl (C=O) groups excluding carboxylic acids is 1. The molecule has 0 aliphatic carbocycles. The van der Waals surface area contributed by atoms with Gasteiger partial charge in [0.05, 0.1) is 6.07 Å². The molecule has 0 radical (unpaired) electrons. The molecule has 0 saturated carbocycles. The third kappa shape index (κ3) is 4.20. The molecule has 0 fully saturated rings. The molecule has 0 aliphatic rings. The Morgan fingerprint density at radius 2 is 2.36 bits per heavy atom. The molecule has 0 heterocycles. The smallest absolute Gasteiger partial charge is 0.315 e. The fourth-order valence-electron chi connectivity index (χ4n) is 0.688. The molecule has 4 heteroatoms. The van der Waals surface area contributed by atoms with E-state index in [4.69, 9.17) is 5.26 Å². The van der Waals surface area contributed by atoms with Crippen LogP contribution in [0.1, 0.15) is 19.8 Å². The lowest BCUT2D eigenvalue weighted by atomic mass is 10.2. The highest BCUT2D eigenvalue weighted by Gasteiger charge is 2.07. The van der Waals surface area contributed by atoms with Crippen LogP contribution in [0.4, 0.5) is 4.79 Å². The van der Waals surface area contributed by atoms with Crippen molar-refractivity contribution in [2.75, 3.05) is 7.05 Å². The minimum absolute atomic E-state index is 0.301. The van der Waals surface area contributed by atoms with E-state index in [1.807, 2.05) is 13.0 Å². The van der Waals surface area contributed by atoms with Gasteiger partial charge in [0, 0.05) is 7.05 Å². The van der Waals surface area contributed by atoms with Crippen molar-refractivity contribution in [3.8, 4) is 6.07 Å². The van der Waals surface area contributed by atoms with Gasteiger partial charge in [0.15, 0.2) is 0 Å². The lowest BCUT2D eigenvalue weighted by Crippen LogP contribution is -2.39. The van der Waals surface area contributed by atoms with E-state index in [1.165, 1.54) is 7.05 Å². The first-order valence-corrected chi connectivity index (χ1v) is 3.62. The first-order valence-electron chi connectivity index (χ1n) is 3.62. The predicted octanol–water partition coefficient (Wildman–Crippen LogP) is 0.608. The molecule has 0 rings (SSSR count). The van der Waals surface area contributed by atoms with E-state index in [9.17, 15) is 4.79 Å². The Kier molecular flexibility index (Phi) is 4.91. The van der Waals surface area contributed by atoms with Gasteiger partial charge in [0.25, 0.3) is 0 Å². The highest BCUT2D eigenvalue weighted by atomic mass is 16.2. The first-order chi connectivity index (χ1) is 5.24. The number of nitrogens with zero attached hydrogens (tertiary/aromatic N) is 1. The van der Waals surface area contributed by atoms with E-state index in [-0.39, 0.29) is 12.1 Å². The van der Waals surface area contributed by atoms with Crippen LogP contribution < -0.4 is 10.6 Å². The van der Waals surface area contributed by atoms with Gasteiger partial charge in [-0.25, -0.2) is 4.79 Å². The summed E-state index contributed by atoms with van der Waals surface area (Å²) in [6.45, 7) is 1.97. The Bertz CT molecular complexity index is 162. The summed E-state index contributed by atoms with van der Waals surface area (Å²) in [7, 11) is 1.52. The summed E-state index contributed by atoms with van der Waals surface area (Å²) in [6.07, 6.45) is 1.59. The molecule has 1 atom stereocenters. The summed E-state index contributed by atoms with van der Waals surface area (Å²) < 4.78 is 0. The van der Waals surface area contributed by atoms with Crippen molar-refractivity contribution < 1.29 is 4.79 Å². The van der Waals surface area contributed by atoms with Crippen molar-refractivity contribution in [1.82, 2.24) is 10.6 Å². The zero-order chi connectivity index (χ0) is 8.69. The molecule has 11 heavy (non-hydrogen) atoms. The van der Waals surface area contributed by atoms with Gasteiger partial charge in [-0.3, -0.25) is 0 Å². The SMILES string of the molecule is CCCC(C#N)NC(=O)NC. The van der Waals surface area contributed by atoms with Gasteiger partial charge in [0.2, 0.25) is 0 Å². The van der Waals surface area contributed by atoms with Crippen molar-refractivity contribution in [3.63, 3.8) is 0 Å². The molecule has 0 bridgehead atoms. The van der Waals surface area contributed by atoms with E-state index in [0.717, 1.165) is 6.42 Å². The van der Waals surface area contributed by atoms with Crippen LogP contribution in [0.15, 0.2) is 0 Å². The van der Waals surface area contributed by atoms with Gasteiger partial charge in [-0.15, -0.1) is 0 Å². The summed E-state index contributed by atoms with van der Waals surface area (Å²) in [5.74, 6) is 0. The van der Waals surface area contributed by atoms with E-state index in [1.54, 1.807) is 0 Å². The third-order valence-corrected chi connectivity index (χ3v) is 1.27. The Hall–Kier alpha value is -1.24. The van der Waals surface area contributed by atoms with Crippen molar-refractivity contribution in [2.24, 2.45) is 0 Å². The second-order valence-corrected chi connectivity index (χ2v) is 2.19. The topological polar surface area (TPSA) is 64.9 Å². The number of hydrogen-bond acceptors (Lipinski definition) is 2. The van der Waals surface area contributed by atoms with Crippen LogP contribution in [-0.4, -0.2) is 19.1 Å². The zero-order valence-electron chi connectivity index (χ0n) is 6.85. The normalized spacial score (nSPS) is 11.4. The number of carbonyl (C=O) groups is 1. The number of nitrogens with one attached hydrogen (secondary N) is 2. The van der Waals surface area contributed by atoms with E-state index < -0.39 is 0 Å². The lowest BCUT2D eigenvalue weighted by Gasteiger charge is -2.08. The third-order valence-electron chi connectivity index (χ3n) is 1.27. The quantitative estimate of drug-likeness (QED) is 0.627. The Morgan fingerprint density at radius 1 is 1.73 bits per heavy atom. The highest BCUT2D eigenvalue weighted by molar-refractivity contribution is 5.74. The molecule has 0 spiro atoms. The molecule has 2 N–H and O–H groups in total. The van der Waals surface area contributed by atoms with Crippen LogP contribution in [-0.2, 0) is 0 Å².